The zero-order chi connectivity index (χ0) is 30.0. The highest BCUT2D eigenvalue weighted by atomic mass is 31.2. The maximum atomic E-state index is 14.1. The number of nitrogen functional groups attached to an aromatic ring is 1. The fourth-order valence-corrected chi connectivity index (χ4v) is 6.76. The molecule has 2 heterocycles. The van der Waals surface area contributed by atoms with Gasteiger partial charge in [-0.15, -0.1) is 0 Å². The normalized spacial score (nSPS) is 17.3. The fourth-order valence-electron chi connectivity index (χ4n) is 4.59. The van der Waals surface area contributed by atoms with E-state index in [4.69, 9.17) is 24.5 Å². The van der Waals surface area contributed by atoms with E-state index in [1.807, 2.05) is 0 Å². The van der Waals surface area contributed by atoms with Crippen molar-refractivity contribution in [1.29, 1.82) is 0 Å². The summed E-state index contributed by atoms with van der Waals surface area (Å²) >= 11 is 0. The molecule has 1 aliphatic carbocycles. The molecule has 0 bridgehead atoms. The number of imidazole rings is 1. The molecule has 3 unspecified atom stereocenters. The van der Waals surface area contributed by atoms with Crippen LogP contribution in [0.25, 0.3) is 11.2 Å². The Morgan fingerprint density at radius 2 is 1.90 bits per heavy atom. The van der Waals surface area contributed by atoms with E-state index >= 15 is 0 Å². The van der Waals surface area contributed by atoms with Crippen molar-refractivity contribution in [3.8, 4) is 0 Å². The molecule has 3 atom stereocenters. The summed E-state index contributed by atoms with van der Waals surface area (Å²) in [7, 11) is -3.94. The van der Waals surface area contributed by atoms with E-state index in [9.17, 15) is 14.2 Å². The van der Waals surface area contributed by atoms with Gasteiger partial charge in [-0.3, -0.25) is 9.36 Å². The van der Waals surface area contributed by atoms with Crippen molar-refractivity contribution >= 4 is 36.4 Å². The molecule has 0 amide bonds. The van der Waals surface area contributed by atoms with Crippen molar-refractivity contribution in [2.24, 2.45) is 0 Å². The predicted octanol–water partition coefficient (Wildman–Crippen LogP) is 4.35. The van der Waals surface area contributed by atoms with Crippen molar-refractivity contribution in [3.05, 3.63) is 12.7 Å². The quantitative estimate of drug-likeness (QED) is 0.151. The number of esters is 2. The molecule has 3 N–H and O–H groups in total. The van der Waals surface area contributed by atoms with Crippen LogP contribution in [0.1, 0.15) is 86.0 Å². The Balaban J connectivity index is 1.67. The summed E-state index contributed by atoms with van der Waals surface area (Å²) in [6.07, 6.45) is 8.14. The van der Waals surface area contributed by atoms with Crippen LogP contribution in [0.5, 0.6) is 0 Å². The van der Waals surface area contributed by atoms with Crippen molar-refractivity contribution < 1.29 is 32.9 Å². The number of aromatic nitrogens is 4. The third-order valence-electron chi connectivity index (χ3n) is 6.85. The van der Waals surface area contributed by atoms with E-state index < -0.39 is 43.6 Å². The minimum absolute atomic E-state index is 0.167. The number of hydrogen-bond donors (Lipinski definition) is 2. The molecule has 0 aliphatic heterocycles. The lowest BCUT2D eigenvalue weighted by atomic mass is 10.1. The van der Waals surface area contributed by atoms with Crippen LogP contribution >= 0.6 is 7.52 Å². The lowest BCUT2D eigenvalue weighted by Crippen LogP contribution is -2.47. The Morgan fingerprint density at radius 3 is 2.61 bits per heavy atom. The number of rotatable bonds is 17. The Morgan fingerprint density at radius 1 is 1.17 bits per heavy atom. The van der Waals surface area contributed by atoms with Gasteiger partial charge >= 0.3 is 11.9 Å². The summed E-state index contributed by atoms with van der Waals surface area (Å²) in [5.41, 5.74) is 5.51. The molecule has 230 valence electrons. The van der Waals surface area contributed by atoms with Gasteiger partial charge in [0, 0.05) is 0 Å². The maximum absolute atomic E-state index is 14.1. The van der Waals surface area contributed by atoms with Crippen LogP contribution in [0, 0.1) is 0 Å². The fraction of sp³-hybridized carbons (Fsp3) is 0.741. The first kappa shape index (κ1) is 32.9. The van der Waals surface area contributed by atoms with Crippen molar-refractivity contribution in [3.63, 3.8) is 0 Å². The molecule has 14 heteroatoms. The standard InChI is InChI=1S/C27H45N6O7P/c1-6-7-8-11-14-37-26(35)27(4,5)32-41(36,40-20(3)25(34)39-21-12-9-10-13-21)18-38-19(2)15-33-17-31-22-23(28)29-16-30-24(22)33/h16-17,19-21H,6-15,18H2,1-5H3,(H,32,36)(H2,28,29,30). The highest BCUT2D eigenvalue weighted by Crippen LogP contribution is 2.46. The topological polar surface area (TPSA) is 170 Å². The smallest absolute Gasteiger partial charge is 0.335 e. The molecule has 41 heavy (non-hydrogen) atoms. The Bertz CT molecular complexity index is 1200. The number of carbonyl (C=O) groups excluding carboxylic acids is 2. The molecular formula is C27H45N6O7P. The van der Waals surface area contributed by atoms with Gasteiger partial charge in [-0.1, -0.05) is 26.2 Å². The molecule has 0 spiro atoms. The largest absolute Gasteiger partial charge is 0.464 e. The Kier molecular flexibility index (Phi) is 12.1. The van der Waals surface area contributed by atoms with E-state index in [0.29, 0.717) is 17.7 Å². The third kappa shape index (κ3) is 9.73. The van der Waals surface area contributed by atoms with Crippen LogP contribution in [0.15, 0.2) is 12.7 Å². The summed E-state index contributed by atoms with van der Waals surface area (Å²) in [6.45, 7) is 9.07. The minimum Gasteiger partial charge on any atom is -0.464 e. The van der Waals surface area contributed by atoms with Gasteiger partial charge in [0.25, 0.3) is 7.52 Å². The van der Waals surface area contributed by atoms with Crippen LogP contribution in [-0.2, 0) is 39.4 Å². The first-order chi connectivity index (χ1) is 19.4. The third-order valence-corrected chi connectivity index (χ3v) is 8.89. The first-order valence-corrected chi connectivity index (χ1v) is 16.2. The molecule has 1 saturated carbocycles. The van der Waals surface area contributed by atoms with Gasteiger partial charge in [0.15, 0.2) is 17.6 Å². The second-order valence-corrected chi connectivity index (χ2v) is 13.2. The highest BCUT2D eigenvalue weighted by Gasteiger charge is 2.41. The molecule has 13 nitrogen and oxygen atoms in total. The number of hydrogen-bond acceptors (Lipinski definition) is 11. The van der Waals surface area contributed by atoms with Crippen LogP contribution < -0.4 is 10.8 Å². The first-order valence-electron chi connectivity index (χ1n) is 14.4. The van der Waals surface area contributed by atoms with E-state index in [2.05, 4.69) is 27.0 Å². The molecule has 3 rings (SSSR count). The minimum atomic E-state index is -3.94. The van der Waals surface area contributed by atoms with Crippen LogP contribution in [0.4, 0.5) is 5.82 Å². The summed E-state index contributed by atoms with van der Waals surface area (Å²) < 4.78 is 38.6. The van der Waals surface area contributed by atoms with Crippen LogP contribution in [0.2, 0.25) is 0 Å². The van der Waals surface area contributed by atoms with Crippen molar-refractivity contribution in [2.45, 2.75) is 116 Å². The number of anilines is 1. The number of ether oxygens (including phenoxy) is 3. The number of unbranched alkanes of at least 4 members (excludes halogenated alkanes) is 3. The second-order valence-electron chi connectivity index (χ2n) is 11.1. The lowest BCUT2D eigenvalue weighted by molar-refractivity contribution is -0.156. The Labute approximate surface area is 241 Å². The van der Waals surface area contributed by atoms with Gasteiger partial charge in [0.1, 0.15) is 29.8 Å². The number of carbonyl (C=O) groups is 2. The molecular weight excluding hydrogens is 551 g/mol. The highest BCUT2D eigenvalue weighted by molar-refractivity contribution is 7.56. The van der Waals surface area contributed by atoms with Gasteiger partial charge in [0.2, 0.25) is 0 Å². The van der Waals surface area contributed by atoms with Gasteiger partial charge in [-0.2, -0.15) is 0 Å². The summed E-state index contributed by atoms with van der Waals surface area (Å²) in [4.78, 5) is 38.1. The van der Waals surface area contributed by atoms with E-state index in [-0.39, 0.29) is 18.5 Å². The van der Waals surface area contributed by atoms with Gasteiger partial charge < -0.3 is 29.0 Å². The van der Waals surface area contributed by atoms with Crippen LogP contribution in [0.3, 0.4) is 0 Å². The average Bonchev–Trinajstić information content (AvgIpc) is 3.58. The number of nitrogens with two attached hydrogens (primary N) is 1. The molecule has 1 fully saturated rings. The zero-order valence-corrected chi connectivity index (χ0v) is 25.7. The summed E-state index contributed by atoms with van der Waals surface area (Å²) in [5.74, 6) is -0.915. The molecule has 0 saturated heterocycles. The van der Waals surface area contributed by atoms with E-state index in [0.717, 1.165) is 51.4 Å². The van der Waals surface area contributed by atoms with Gasteiger partial charge in [-0.05, 0) is 59.8 Å². The van der Waals surface area contributed by atoms with Gasteiger partial charge in [-0.25, -0.2) is 24.8 Å². The number of nitrogens with one attached hydrogen (secondary N) is 1. The van der Waals surface area contributed by atoms with E-state index in [1.54, 1.807) is 31.7 Å². The second kappa shape index (κ2) is 15.0. The lowest BCUT2D eigenvalue weighted by Gasteiger charge is -2.31. The molecule has 1 aliphatic rings. The maximum Gasteiger partial charge on any atom is 0.335 e. The van der Waals surface area contributed by atoms with Gasteiger partial charge in [0.05, 0.1) is 25.6 Å². The van der Waals surface area contributed by atoms with E-state index in [1.165, 1.54) is 13.3 Å². The predicted molar refractivity (Wildman–Crippen MR) is 154 cm³/mol. The molecule has 2 aromatic rings. The number of nitrogens with zero attached hydrogens (tertiary/aromatic N) is 4. The van der Waals surface area contributed by atoms with Crippen LogP contribution in [-0.4, -0.2) is 68.3 Å². The molecule has 0 aromatic carbocycles. The van der Waals surface area contributed by atoms with Crippen molar-refractivity contribution in [2.75, 3.05) is 18.7 Å². The molecule has 2 aromatic heterocycles. The molecule has 0 radical (unpaired) electrons. The Hall–Kier alpha value is -2.60. The monoisotopic (exact) mass is 596 g/mol. The number of fused-ring (bicyclic) bond motifs is 1. The summed E-state index contributed by atoms with van der Waals surface area (Å²) in [5, 5.41) is 2.82. The average molecular weight is 597 g/mol. The summed E-state index contributed by atoms with van der Waals surface area (Å²) in [6, 6.07) is 0. The SMILES string of the molecule is CCCCCCOC(=O)C(C)(C)NP(=O)(COC(C)Cn1cnc2c(N)ncnc21)OC(C)C(=O)OC1CCCC1. The van der Waals surface area contributed by atoms with Crippen molar-refractivity contribution in [1.82, 2.24) is 24.6 Å². The zero-order valence-electron chi connectivity index (χ0n) is 24.8.